The maximum Gasteiger partial charge on any atom is 0.0489 e. The van der Waals surface area contributed by atoms with Crippen molar-refractivity contribution in [1.29, 1.82) is 5.41 Å². The first-order chi connectivity index (χ1) is 6.59. The van der Waals surface area contributed by atoms with Gasteiger partial charge in [0, 0.05) is 11.1 Å². The summed E-state index contributed by atoms with van der Waals surface area (Å²) in [5, 5.41) is 8.13. The molecule has 0 aromatic heterocycles. The predicted molar refractivity (Wildman–Crippen MR) is 60.8 cm³/mol. The molecule has 1 aliphatic carbocycles. The summed E-state index contributed by atoms with van der Waals surface area (Å²) in [5.41, 5.74) is 4.20. The average Bonchev–Trinajstić information content (AvgIpc) is 2.37. The number of fused-ring (bicyclic) bond motifs is 1. The summed E-state index contributed by atoms with van der Waals surface area (Å²) < 4.78 is 0. The van der Waals surface area contributed by atoms with Gasteiger partial charge in [0.1, 0.15) is 0 Å². The van der Waals surface area contributed by atoms with E-state index in [1.54, 1.807) is 0 Å². The molecule has 1 heteroatoms. The monoisotopic (exact) mass is 185 g/mol. The zero-order valence-electron chi connectivity index (χ0n) is 8.89. The van der Waals surface area contributed by atoms with Crippen LogP contribution in [0.25, 0.3) is 5.57 Å². The number of rotatable bonds is 0. The van der Waals surface area contributed by atoms with Crippen molar-refractivity contribution >= 4 is 11.3 Å². The Labute approximate surface area is 85.0 Å². The Hall–Kier alpha value is -1.37. The fourth-order valence-electron chi connectivity index (χ4n) is 2.17. The van der Waals surface area contributed by atoms with Crippen molar-refractivity contribution < 1.29 is 0 Å². The van der Waals surface area contributed by atoms with Crippen molar-refractivity contribution in [2.45, 2.75) is 26.2 Å². The Balaban J connectivity index is 2.75. The summed E-state index contributed by atoms with van der Waals surface area (Å²) in [5.74, 6) is 0. The molecule has 1 N–H and O–H groups in total. The van der Waals surface area contributed by atoms with Crippen LogP contribution in [0.15, 0.2) is 30.3 Å². The van der Waals surface area contributed by atoms with Crippen LogP contribution < -0.4 is 0 Å². The van der Waals surface area contributed by atoms with Gasteiger partial charge < -0.3 is 5.41 Å². The minimum absolute atomic E-state index is 0.127. The van der Waals surface area contributed by atoms with Crippen molar-refractivity contribution in [2.24, 2.45) is 0 Å². The lowest BCUT2D eigenvalue weighted by atomic mass is 9.85. The molecule has 1 aromatic carbocycles. The molecule has 0 atom stereocenters. The van der Waals surface area contributed by atoms with Gasteiger partial charge in [0.25, 0.3) is 0 Å². The molecule has 0 spiro atoms. The molecule has 0 amide bonds. The van der Waals surface area contributed by atoms with Crippen LogP contribution >= 0.6 is 0 Å². The Bertz CT molecular complexity index is 425. The van der Waals surface area contributed by atoms with E-state index in [-0.39, 0.29) is 5.41 Å². The van der Waals surface area contributed by atoms with Gasteiger partial charge in [0.05, 0.1) is 0 Å². The summed E-state index contributed by atoms with van der Waals surface area (Å²) in [6, 6.07) is 8.32. The molecule has 1 nitrogen and oxygen atoms in total. The smallest absolute Gasteiger partial charge is 0.0489 e. The van der Waals surface area contributed by atoms with Crippen molar-refractivity contribution in [1.82, 2.24) is 0 Å². The fraction of sp³-hybridized carbons (Fsp3) is 0.308. The standard InChI is InChI=1S/C13H15N/c1-4-9-10-7-5-6-8-11(10)13(2,3)12(9)14/h4-8,14H,1-3H3/b9-4-,14-12?. The minimum Gasteiger partial charge on any atom is -0.304 e. The van der Waals surface area contributed by atoms with Gasteiger partial charge in [-0.15, -0.1) is 0 Å². The second kappa shape index (κ2) is 2.81. The molecule has 1 aromatic rings. The molecule has 2 rings (SSSR count). The number of allylic oxidation sites excluding steroid dienone is 2. The van der Waals surface area contributed by atoms with E-state index >= 15 is 0 Å². The SMILES string of the molecule is C/C=C1\C(=N)C(C)(C)c2ccccc21. The molecule has 0 saturated heterocycles. The first-order valence-corrected chi connectivity index (χ1v) is 4.94. The molecular formula is C13H15N. The number of hydrogen-bond acceptors (Lipinski definition) is 1. The van der Waals surface area contributed by atoms with Crippen LogP contribution in [-0.2, 0) is 5.41 Å². The van der Waals surface area contributed by atoms with E-state index in [1.165, 1.54) is 11.1 Å². The van der Waals surface area contributed by atoms with Gasteiger partial charge in [0.2, 0.25) is 0 Å². The molecule has 0 fully saturated rings. The molecule has 14 heavy (non-hydrogen) atoms. The second-order valence-electron chi connectivity index (χ2n) is 4.25. The highest BCUT2D eigenvalue weighted by molar-refractivity contribution is 6.30. The van der Waals surface area contributed by atoms with Crippen molar-refractivity contribution in [3.8, 4) is 0 Å². The average molecular weight is 185 g/mol. The maximum atomic E-state index is 8.13. The summed E-state index contributed by atoms with van der Waals surface area (Å²) in [6.07, 6.45) is 2.04. The van der Waals surface area contributed by atoms with E-state index in [4.69, 9.17) is 5.41 Å². The van der Waals surface area contributed by atoms with Crippen molar-refractivity contribution in [3.63, 3.8) is 0 Å². The molecule has 0 unspecified atom stereocenters. The largest absolute Gasteiger partial charge is 0.304 e. The lowest BCUT2D eigenvalue weighted by Crippen LogP contribution is -2.22. The fourth-order valence-corrected chi connectivity index (χ4v) is 2.17. The lowest BCUT2D eigenvalue weighted by Gasteiger charge is -2.18. The highest BCUT2D eigenvalue weighted by Crippen LogP contribution is 2.42. The molecule has 0 aliphatic heterocycles. The van der Waals surface area contributed by atoms with Gasteiger partial charge in [-0.05, 0) is 23.6 Å². The van der Waals surface area contributed by atoms with Crippen LogP contribution in [0.1, 0.15) is 31.9 Å². The van der Waals surface area contributed by atoms with Gasteiger partial charge in [0.15, 0.2) is 0 Å². The number of hydrogen-bond donors (Lipinski definition) is 1. The summed E-state index contributed by atoms with van der Waals surface area (Å²) in [4.78, 5) is 0. The highest BCUT2D eigenvalue weighted by Gasteiger charge is 2.37. The van der Waals surface area contributed by atoms with E-state index < -0.39 is 0 Å². The van der Waals surface area contributed by atoms with E-state index in [1.807, 2.05) is 25.1 Å². The van der Waals surface area contributed by atoms with Crippen LogP contribution in [0.4, 0.5) is 0 Å². The lowest BCUT2D eigenvalue weighted by molar-refractivity contribution is 0.730. The second-order valence-corrected chi connectivity index (χ2v) is 4.25. The van der Waals surface area contributed by atoms with Crippen LogP contribution in [0, 0.1) is 5.41 Å². The third-order valence-corrected chi connectivity index (χ3v) is 3.07. The van der Waals surface area contributed by atoms with Gasteiger partial charge in [-0.1, -0.05) is 44.2 Å². The van der Waals surface area contributed by atoms with Gasteiger partial charge >= 0.3 is 0 Å². The van der Waals surface area contributed by atoms with Gasteiger partial charge in [-0.25, -0.2) is 0 Å². The van der Waals surface area contributed by atoms with E-state index in [9.17, 15) is 0 Å². The molecule has 0 bridgehead atoms. The predicted octanol–water partition coefficient (Wildman–Crippen LogP) is 3.40. The Kier molecular flexibility index (Phi) is 1.84. The third-order valence-electron chi connectivity index (χ3n) is 3.07. The molecular weight excluding hydrogens is 170 g/mol. The molecule has 0 heterocycles. The molecule has 72 valence electrons. The highest BCUT2D eigenvalue weighted by atomic mass is 14.5. The summed E-state index contributed by atoms with van der Waals surface area (Å²) in [7, 11) is 0. The minimum atomic E-state index is -0.127. The van der Waals surface area contributed by atoms with Crippen molar-refractivity contribution in [3.05, 3.63) is 41.5 Å². The third kappa shape index (κ3) is 0.985. The van der Waals surface area contributed by atoms with E-state index in [2.05, 4.69) is 26.0 Å². The first kappa shape index (κ1) is 9.20. The van der Waals surface area contributed by atoms with Crippen LogP contribution in [0.3, 0.4) is 0 Å². The quantitative estimate of drug-likeness (QED) is 0.640. The zero-order chi connectivity index (χ0) is 10.3. The summed E-state index contributed by atoms with van der Waals surface area (Å²) >= 11 is 0. The van der Waals surface area contributed by atoms with Crippen LogP contribution in [0.2, 0.25) is 0 Å². The number of benzene rings is 1. The van der Waals surface area contributed by atoms with Crippen molar-refractivity contribution in [2.75, 3.05) is 0 Å². The molecule has 0 radical (unpaired) electrons. The Morgan fingerprint density at radius 3 is 2.50 bits per heavy atom. The van der Waals surface area contributed by atoms with Crippen LogP contribution in [0.5, 0.6) is 0 Å². The summed E-state index contributed by atoms with van der Waals surface area (Å²) in [6.45, 7) is 6.23. The normalized spacial score (nSPS) is 21.4. The van der Waals surface area contributed by atoms with Gasteiger partial charge in [-0.2, -0.15) is 0 Å². The Morgan fingerprint density at radius 2 is 1.86 bits per heavy atom. The van der Waals surface area contributed by atoms with Gasteiger partial charge in [-0.3, -0.25) is 0 Å². The molecule has 1 aliphatic rings. The zero-order valence-corrected chi connectivity index (χ0v) is 8.89. The Morgan fingerprint density at radius 1 is 1.21 bits per heavy atom. The maximum absolute atomic E-state index is 8.13. The van der Waals surface area contributed by atoms with E-state index in [0.717, 1.165) is 11.3 Å². The molecule has 0 saturated carbocycles. The van der Waals surface area contributed by atoms with Crippen LogP contribution in [-0.4, -0.2) is 5.71 Å². The topological polar surface area (TPSA) is 23.9 Å². The number of nitrogens with one attached hydrogen (secondary N) is 1. The first-order valence-electron chi connectivity index (χ1n) is 4.94. The van der Waals surface area contributed by atoms with E-state index in [0.29, 0.717) is 0 Å².